The summed E-state index contributed by atoms with van der Waals surface area (Å²) in [7, 11) is 0. The number of carbonyl (C=O) groups excluding carboxylic acids is 1. The fraction of sp³-hybridized carbons (Fsp3) is 0.800. The minimum Gasteiger partial charge on any atom is -0.481 e. The molecule has 0 heterocycles. The molecule has 1 aliphatic carbocycles. The molecule has 1 fully saturated rings. The second-order valence-corrected chi connectivity index (χ2v) is 4.26. The lowest BCUT2D eigenvalue weighted by Gasteiger charge is -2.33. The van der Waals surface area contributed by atoms with E-state index in [1.165, 1.54) is 0 Å². The Morgan fingerprint density at radius 3 is 2.29 bits per heavy atom. The maximum atomic E-state index is 11.9. The number of hydrogen-bond donors (Lipinski definition) is 2. The molecular formula is C10H14F3NO3. The van der Waals surface area contributed by atoms with Crippen LogP contribution >= 0.6 is 0 Å². The van der Waals surface area contributed by atoms with Crippen LogP contribution in [0.1, 0.15) is 25.7 Å². The van der Waals surface area contributed by atoms with Crippen LogP contribution in [0.4, 0.5) is 13.2 Å². The molecule has 1 aliphatic rings. The highest BCUT2D eigenvalue weighted by atomic mass is 19.4. The summed E-state index contributed by atoms with van der Waals surface area (Å²) in [5, 5.41) is 10.4. The van der Waals surface area contributed by atoms with E-state index >= 15 is 0 Å². The maximum absolute atomic E-state index is 11.9. The first-order chi connectivity index (χ1) is 7.80. The first-order valence-electron chi connectivity index (χ1n) is 5.37. The van der Waals surface area contributed by atoms with Gasteiger partial charge in [-0.3, -0.25) is 9.59 Å². The predicted octanol–water partition coefficient (Wildman–Crippen LogP) is 1.56. The molecule has 1 rings (SSSR count). The maximum Gasteiger partial charge on any atom is 0.471 e. The third-order valence-corrected chi connectivity index (χ3v) is 3.04. The lowest BCUT2D eigenvalue weighted by Crippen LogP contribution is -2.42. The molecule has 17 heavy (non-hydrogen) atoms. The predicted molar refractivity (Wildman–Crippen MR) is 52.1 cm³/mol. The zero-order valence-corrected chi connectivity index (χ0v) is 9.09. The third kappa shape index (κ3) is 4.24. The molecule has 0 radical (unpaired) electrons. The van der Waals surface area contributed by atoms with Crippen molar-refractivity contribution in [2.75, 3.05) is 6.54 Å². The van der Waals surface area contributed by atoms with Crippen LogP contribution in [0.15, 0.2) is 0 Å². The molecule has 7 heteroatoms. The van der Waals surface area contributed by atoms with E-state index in [1.807, 2.05) is 0 Å². The van der Waals surface area contributed by atoms with E-state index in [0.717, 1.165) is 19.3 Å². The molecule has 0 saturated heterocycles. The lowest BCUT2D eigenvalue weighted by atomic mass is 9.74. The molecule has 0 aromatic heterocycles. The molecule has 0 bridgehead atoms. The molecule has 2 N–H and O–H groups in total. The molecule has 1 unspecified atom stereocenters. The highest BCUT2D eigenvalue weighted by Gasteiger charge is 2.39. The Morgan fingerprint density at radius 2 is 1.94 bits per heavy atom. The van der Waals surface area contributed by atoms with Crippen molar-refractivity contribution in [3.05, 3.63) is 0 Å². The Morgan fingerprint density at radius 1 is 1.35 bits per heavy atom. The Kier molecular flexibility index (Phi) is 4.36. The van der Waals surface area contributed by atoms with Crippen molar-refractivity contribution in [1.82, 2.24) is 5.32 Å². The van der Waals surface area contributed by atoms with E-state index in [4.69, 9.17) is 5.11 Å². The Hall–Kier alpha value is -1.27. The number of carbonyl (C=O) groups is 2. The monoisotopic (exact) mass is 253 g/mol. The average molecular weight is 253 g/mol. The summed E-state index contributed by atoms with van der Waals surface area (Å²) >= 11 is 0. The molecule has 0 aromatic rings. The van der Waals surface area contributed by atoms with Crippen LogP contribution in [0.2, 0.25) is 0 Å². The summed E-state index contributed by atoms with van der Waals surface area (Å²) in [5.41, 5.74) is 0. The van der Waals surface area contributed by atoms with Gasteiger partial charge in [-0.2, -0.15) is 13.2 Å². The first kappa shape index (κ1) is 13.8. The summed E-state index contributed by atoms with van der Waals surface area (Å²) in [4.78, 5) is 21.2. The number of halogens is 3. The van der Waals surface area contributed by atoms with Crippen LogP contribution in [-0.2, 0) is 9.59 Å². The van der Waals surface area contributed by atoms with Gasteiger partial charge in [0.2, 0.25) is 0 Å². The SMILES string of the molecule is O=C(O)CC(CNC(=O)C(F)(F)F)C1CCC1. The molecular weight excluding hydrogens is 239 g/mol. The average Bonchev–Trinajstić information content (AvgIpc) is 2.08. The van der Waals surface area contributed by atoms with Crippen LogP contribution in [0.5, 0.6) is 0 Å². The van der Waals surface area contributed by atoms with Crippen LogP contribution < -0.4 is 5.32 Å². The van der Waals surface area contributed by atoms with Gasteiger partial charge < -0.3 is 10.4 Å². The number of carboxylic acid groups (broad SMARTS) is 1. The number of alkyl halides is 3. The molecule has 0 spiro atoms. The number of hydrogen-bond acceptors (Lipinski definition) is 2. The van der Waals surface area contributed by atoms with Crippen molar-refractivity contribution in [3.63, 3.8) is 0 Å². The number of carboxylic acids is 1. The van der Waals surface area contributed by atoms with E-state index in [-0.39, 0.29) is 18.9 Å². The number of amides is 1. The van der Waals surface area contributed by atoms with Gasteiger partial charge in [0.05, 0.1) is 6.42 Å². The lowest BCUT2D eigenvalue weighted by molar-refractivity contribution is -0.174. The van der Waals surface area contributed by atoms with E-state index < -0.39 is 24.0 Å². The molecule has 98 valence electrons. The van der Waals surface area contributed by atoms with E-state index in [1.54, 1.807) is 5.32 Å². The van der Waals surface area contributed by atoms with Crippen molar-refractivity contribution in [2.24, 2.45) is 11.8 Å². The minimum atomic E-state index is -4.91. The van der Waals surface area contributed by atoms with Crippen molar-refractivity contribution >= 4 is 11.9 Å². The fourth-order valence-corrected chi connectivity index (χ4v) is 1.87. The molecule has 0 aromatic carbocycles. The van der Waals surface area contributed by atoms with Crippen molar-refractivity contribution in [2.45, 2.75) is 31.9 Å². The fourth-order valence-electron chi connectivity index (χ4n) is 1.87. The van der Waals surface area contributed by atoms with Crippen molar-refractivity contribution in [3.8, 4) is 0 Å². The van der Waals surface area contributed by atoms with Crippen LogP contribution in [0, 0.1) is 11.8 Å². The first-order valence-corrected chi connectivity index (χ1v) is 5.37. The highest BCUT2D eigenvalue weighted by molar-refractivity contribution is 5.81. The Labute approximate surface area is 96.2 Å². The highest BCUT2D eigenvalue weighted by Crippen LogP contribution is 2.35. The number of nitrogens with one attached hydrogen (secondary N) is 1. The second kappa shape index (κ2) is 5.37. The quantitative estimate of drug-likeness (QED) is 0.781. The van der Waals surface area contributed by atoms with Gasteiger partial charge in [0.25, 0.3) is 0 Å². The Balaban J connectivity index is 2.43. The van der Waals surface area contributed by atoms with Crippen LogP contribution in [-0.4, -0.2) is 29.7 Å². The Bertz CT molecular complexity index is 300. The second-order valence-electron chi connectivity index (χ2n) is 4.26. The van der Waals surface area contributed by atoms with E-state index in [0.29, 0.717) is 0 Å². The van der Waals surface area contributed by atoms with Gasteiger partial charge in [-0.05, 0) is 11.8 Å². The van der Waals surface area contributed by atoms with Gasteiger partial charge in [0.1, 0.15) is 0 Å². The summed E-state index contributed by atoms with van der Waals surface area (Å²) < 4.78 is 35.8. The van der Waals surface area contributed by atoms with Gasteiger partial charge in [0.15, 0.2) is 0 Å². The topological polar surface area (TPSA) is 66.4 Å². The summed E-state index contributed by atoms with van der Waals surface area (Å²) in [6.07, 6.45) is -2.51. The van der Waals surface area contributed by atoms with E-state index in [2.05, 4.69) is 0 Å². The molecule has 1 saturated carbocycles. The summed E-state index contributed by atoms with van der Waals surface area (Å²) in [6, 6.07) is 0. The molecule has 1 amide bonds. The van der Waals surface area contributed by atoms with Crippen molar-refractivity contribution < 1.29 is 27.9 Å². The standard InChI is InChI=1S/C10H14F3NO3/c11-10(12,13)9(17)14-5-7(4-8(15)16)6-2-1-3-6/h6-7H,1-5H2,(H,14,17)(H,15,16). The summed E-state index contributed by atoms with van der Waals surface area (Å²) in [5.74, 6) is -3.36. The van der Waals surface area contributed by atoms with Crippen LogP contribution in [0.25, 0.3) is 0 Å². The smallest absolute Gasteiger partial charge is 0.471 e. The minimum absolute atomic E-state index is 0.111. The summed E-state index contributed by atoms with van der Waals surface area (Å²) in [6.45, 7) is -0.227. The number of rotatable bonds is 5. The van der Waals surface area contributed by atoms with Crippen LogP contribution in [0.3, 0.4) is 0 Å². The van der Waals surface area contributed by atoms with Gasteiger partial charge in [0, 0.05) is 6.54 Å². The zero-order chi connectivity index (χ0) is 13.1. The van der Waals surface area contributed by atoms with Gasteiger partial charge >= 0.3 is 18.1 Å². The zero-order valence-electron chi connectivity index (χ0n) is 9.09. The number of aliphatic carboxylic acids is 1. The van der Waals surface area contributed by atoms with Crippen molar-refractivity contribution in [1.29, 1.82) is 0 Å². The largest absolute Gasteiger partial charge is 0.481 e. The van der Waals surface area contributed by atoms with Gasteiger partial charge in [-0.25, -0.2) is 0 Å². The molecule has 4 nitrogen and oxygen atoms in total. The van der Waals surface area contributed by atoms with Gasteiger partial charge in [-0.1, -0.05) is 19.3 Å². The molecule has 0 aliphatic heterocycles. The third-order valence-electron chi connectivity index (χ3n) is 3.04. The molecule has 1 atom stereocenters. The van der Waals surface area contributed by atoms with E-state index in [9.17, 15) is 22.8 Å². The van der Waals surface area contributed by atoms with Gasteiger partial charge in [-0.15, -0.1) is 0 Å². The normalized spacial score (nSPS) is 18.3.